The van der Waals surface area contributed by atoms with Gasteiger partial charge in [-0.15, -0.1) is 5.10 Å². The van der Waals surface area contributed by atoms with Crippen LogP contribution in [0.25, 0.3) is 10.9 Å². The van der Waals surface area contributed by atoms with E-state index in [4.69, 9.17) is 37.4 Å². The highest BCUT2D eigenvalue weighted by Crippen LogP contribution is 2.35. The largest absolute Gasteiger partial charge is 0.493 e. The van der Waals surface area contributed by atoms with E-state index in [0.717, 1.165) is 30.4 Å². The first-order valence-corrected chi connectivity index (χ1v) is 12.7. The van der Waals surface area contributed by atoms with Crippen LogP contribution < -0.4 is 14.2 Å². The van der Waals surface area contributed by atoms with E-state index in [2.05, 4.69) is 5.10 Å². The van der Waals surface area contributed by atoms with Crippen molar-refractivity contribution < 1.29 is 28.7 Å². The van der Waals surface area contributed by atoms with Crippen LogP contribution in [0.15, 0.2) is 54.6 Å². The van der Waals surface area contributed by atoms with Crippen molar-refractivity contribution in [2.45, 2.75) is 31.8 Å². The number of hydrogen-bond donors (Lipinski definition) is 0. The van der Waals surface area contributed by atoms with Gasteiger partial charge in [-0.25, -0.2) is 4.79 Å². The molecule has 4 aromatic rings. The predicted molar refractivity (Wildman–Crippen MR) is 143 cm³/mol. The number of rotatable bonds is 7. The molecule has 0 aliphatic heterocycles. The first kappa shape index (κ1) is 26.5. The number of hydrogen-bond acceptors (Lipinski definition) is 8. The Kier molecular flexibility index (Phi) is 7.40. The molecule has 0 radical (unpaired) electrons. The Balaban J connectivity index is 1.56. The van der Waals surface area contributed by atoms with Crippen molar-refractivity contribution in [3.8, 4) is 17.4 Å². The van der Waals surface area contributed by atoms with E-state index >= 15 is 0 Å². The molecule has 1 fully saturated rings. The Morgan fingerprint density at radius 2 is 1.74 bits per heavy atom. The summed E-state index contributed by atoms with van der Waals surface area (Å²) in [5, 5.41) is 15.8. The number of fused-ring (bicyclic) bond motifs is 1. The van der Waals surface area contributed by atoms with Gasteiger partial charge in [0.05, 0.1) is 44.6 Å². The maximum Gasteiger partial charge on any atom is 0.347 e. The summed E-state index contributed by atoms with van der Waals surface area (Å²) in [6.45, 7) is 0. The molecular weight excluding hydrogens is 549 g/mol. The van der Waals surface area contributed by atoms with Gasteiger partial charge in [-0.2, -0.15) is 4.68 Å². The van der Waals surface area contributed by atoms with Crippen molar-refractivity contribution in [3.63, 3.8) is 0 Å². The number of nitro groups is 1. The Labute approximate surface area is 232 Å². The summed E-state index contributed by atoms with van der Waals surface area (Å²) in [6.07, 6.45) is 3.98. The van der Waals surface area contributed by atoms with Gasteiger partial charge in [0, 0.05) is 17.7 Å². The molecule has 0 spiro atoms. The standard InChI is InChI=1S/C27H21Cl2N3O7/c1-37-22-12-9-15(13-23(22)38-17-5-2-3-6-17)26(33)31-21-11-10-16(32(35)36)14-18(21)25(30-31)39-27(34)24-19(28)7-4-8-20(24)29/h4,7-14,17H,2-3,5-6H2,1H3. The van der Waals surface area contributed by atoms with E-state index in [1.165, 1.54) is 37.4 Å². The summed E-state index contributed by atoms with van der Waals surface area (Å²) >= 11 is 12.3. The molecule has 0 unspecified atom stereocenters. The third-order valence-electron chi connectivity index (χ3n) is 6.40. The van der Waals surface area contributed by atoms with Gasteiger partial charge in [-0.05, 0) is 62.1 Å². The number of halogens is 2. The second-order valence-electron chi connectivity index (χ2n) is 8.86. The number of nitro benzene ring substituents is 1. The van der Waals surface area contributed by atoms with E-state index in [-0.39, 0.29) is 49.7 Å². The smallest absolute Gasteiger partial charge is 0.347 e. The fraction of sp³-hybridized carbons (Fsp3) is 0.222. The normalized spacial score (nSPS) is 13.4. The minimum absolute atomic E-state index is 0.0259. The highest BCUT2D eigenvalue weighted by molar-refractivity contribution is 6.39. The number of carbonyl (C=O) groups excluding carboxylic acids is 2. The van der Waals surface area contributed by atoms with Gasteiger partial charge in [-0.3, -0.25) is 14.9 Å². The summed E-state index contributed by atoms with van der Waals surface area (Å²) < 4.78 is 18.0. The van der Waals surface area contributed by atoms with Crippen molar-refractivity contribution in [2.24, 2.45) is 0 Å². The lowest BCUT2D eigenvalue weighted by Gasteiger charge is -2.16. The SMILES string of the molecule is COc1ccc(C(=O)n2nc(OC(=O)c3c(Cl)cccc3Cl)c3cc([N+](=O)[O-])ccc32)cc1OC1CCCC1. The molecule has 0 atom stereocenters. The first-order valence-electron chi connectivity index (χ1n) is 12.0. The number of ether oxygens (including phenoxy) is 3. The highest BCUT2D eigenvalue weighted by Gasteiger charge is 2.26. The third kappa shape index (κ3) is 5.25. The van der Waals surface area contributed by atoms with Crippen molar-refractivity contribution >= 4 is 51.7 Å². The fourth-order valence-electron chi connectivity index (χ4n) is 4.46. The molecule has 12 heteroatoms. The van der Waals surface area contributed by atoms with E-state index in [1.807, 2.05) is 0 Å². The number of non-ortho nitro benzene ring substituents is 1. The van der Waals surface area contributed by atoms with E-state index in [9.17, 15) is 19.7 Å². The van der Waals surface area contributed by atoms with Crippen LogP contribution in [0.3, 0.4) is 0 Å². The Morgan fingerprint density at radius 3 is 2.41 bits per heavy atom. The van der Waals surface area contributed by atoms with Gasteiger partial charge in [-0.1, -0.05) is 29.3 Å². The van der Waals surface area contributed by atoms with E-state index in [1.54, 1.807) is 24.3 Å². The zero-order chi connectivity index (χ0) is 27.7. The Morgan fingerprint density at radius 1 is 1.03 bits per heavy atom. The van der Waals surface area contributed by atoms with E-state index < -0.39 is 16.8 Å². The summed E-state index contributed by atoms with van der Waals surface area (Å²) in [5.74, 6) is -0.939. The minimum atomic E-state index is -0.937. The number of benzene rings is 3. The lowest BCUT2D eigenvalue weighted by molar-refractivity contribution is -0.384. The zero-order valence-electron chi connectivity index (χ0n) is 20.6. The van der Waals surface area contributed by atoms with Crippen molar-refractivity contribution in [2.75, 3.05) is 7.11 Å². The van der Waals surface area contributed by atoms with Crippen LogP contribution in [0, 0.1) is 10.1 Å². The molecule has 0 bridgehead atoms. The average molecular weight is 570 g/mol. The highest BCUT2D eigenvalue weighted by atomic mass is 35.5. The van der Waals surface area contributed by atoms with Crippen molar-refractivity contribution in [1.82, 2.24) is 9.78 Å². The first-order chi connectivity index (χ1) is 18.8. The molecule has 39 heavy (non-hydrogen) atoms. The average Bonchev–Trinajstić information content (AvgIpc) is 3.56. The van der Waals surface area contributed by atoms with Crippen LogP contribution in [-0.4, -0.2) is 39.8 Å². The van der Waals surface area contributed by atoms with Gasteiger partial charge in [0.25, 0.3) is 17.5 Å². The van der Waals surface area contributed by atoms with Gasteiger partial charge >= 0.3 is 5.97 Å². The molecule has 0 amide bonds. The number of aromatic nitrogens is 2. The minimum Gasteiger partial charge on any atom is -0.493 e. The molecule has 10 nitrogen and oxygen atoms in total. The predicted octanol–water partition coefficient (Wildman–Crippen LogP) is 6.49. The molecule has 0 saturated heterocycles. The Bertz CT molecular complexity index is 1590. The third-order valence-corrected chi connectivity index (χ3v) is 7.03. The van der Waals surface area contributed by atoms with Gasteiger partial charge in [0.1, 0.15) is 0 Å². The molecule has 1 aliphatic carbocycles. The Hall–Kier alpha value is -4.15. The van der Waals surface area contributed by atoms with E-state index in [0.29, 0.717) is 11.5 Å². The van der Waals surface area contributed by atoms with Gasteiger partial charge < -0.3 is 14.2 Å². The summed E-state index contributed by atoms with van der Waals surface area (Å²) in [7, 11) is 1.51. The number of esters is 1. The molecule has 1 aliphatic rings. The maximum absolute atomic E-state index is 13.6. The summed E-state index contributed by atoms with van der Waals surface area (Å²) in [5.41, 5.74) is 0.0229. The zero-order valence-corrected chi connectivity index (χ0v) is 22.1. The lowest BCUT2D eigenvalue weighted by Crippen LogP contribution is -2.16. The molecule has 1 heterocycles. The van der Waals surface area contributed by atoms with Gasteiger partial charge in [0.2, 0.25) is 0 Å². The van der Waals surface area contributed by atoms with Crippen LogP contribution >= 0.6 is 23.2 Å². The van der Waals surface area contributed by atoms with Crippen LogP contribution in [0.5, 0.6) is 17.4 Å². The molecular formula is C27H21Cl2N3O7. The van der Waals surface area contributed by atoms with Crippen molar-refractivity contribution in [3.05, 3.63) is 85.9 Å². The summed E-state index contributed by atoms with van der Waals surface area (Å²) in [6, 6.07) is 13.0. The van der Waals surface area contributed by atoms with Crippen molar-refractivity contribution in [1.29, 1.82) is 0 Å². The number of methoxy groups -OCH3 is 1. The maximum atomic E-state index is 13.6. The second kappa shape index (κ2) is 10.9. The van der Waals surface area contributed by atoms with Crippen LogP contribution in [0.2, 0.25) is 10.0 Å². The molecule has 1 aromatic heterocycles. The molecule has 3 aromatic carbocycles. The monoisotopic (exact) mass is 569 g/mol. The number of nitrogens with zero attached hydrogens (tertiary/aromatic N) is 3. The molecule has 1 saturated carbocycles. The van der Waals surface area contributed by atoms with Crippen LogP contribution in [0.1, 0.15) is 46.4 Å². The van der Waals surface area contributed by atoms with Crippen LogP contribution in [-0.2, 0) is 0 Å². The second-order valence-corrected chi connectivity index (χ2v) is 9.67. The molecule has 5 rings (SSSR count). The molecule has 200 valence electrons. The quantitative estimate of drug-likeness (QED) is 0.140. The molecule has 0 N–H and O–H groups in total. The summed E-state index contributed by atoms with van der Waals surface area (Å²) in [4.78, 5) is 37.4. The number of carbonyl (C=O) groups is 2. The fourth-order valence-corrected chi connectivity index (χ4v) is 5.02. The van der Waals surface area contributed by atoms with Gasteiger partial charge in [0.15, 0.2) is 11.5 Å². The lowest BCUT2D eigenvalue weighted by atomic mass is 10.1. The van der Waals surface area contributed by atoms with Crippen LogP contribution in [0.4, 0.5) is 5.69 Å². The topological polar surface area (TPSA) is 123 Å².